The van der Waals surface area contributed by atoms with Crippen molar-refractivity contribution >= 4 is 5.91 Å². The molecule has 0 spiro atoms. The van der Waals surface area contributed by atoms with Crippen molar-refractivity contribution in [2.24, 2.45) is 0 Å². The topological polar surface area (TPSA) is 101 Å². The Labute approximate surface area is 158 Å². The SMILES string of the molecule is COc1cccc(CN2CCCC(O)(CNCCc3noc(C)n3)C2=O)c1. The van der Waals surface area contributed by atoms with E-state index in [1.807, 2.05) is 24.3 Å². The number of methoxy groups -OCH3 is 1. The van der Waals surface area contributed by atoms with E-state index in [0.29, 0.717) is 44.2 Å². The first-order valence-electron chi connectivity index (χ1n) is 9.15. The van der Waals surface area contributed by atoms with Crippen molar-refractivity contribution in [2.45, 2.75) is 38.3 Å². The van der Waals surface area contributed by atoms with Crippen LogP contribution in [0.2, 0.25) is 0 Å². The van der Waals surface area contributed by atoms with Gasteiger partial charge in [0.15, 0.2) is 11.4 Å². The molecule has 1 unspecified atom stereocenters. The minimum Gasteiger partial charge on any atom is -0.497 e. The third kappa shape index (κ3) is 4.84. The summed E-state index contributed by atoms with van der Waals surface area (Å²) in [4.78, 5) is 18.7. The molecule has 1 amide bonds. The average molecular weight is 374 g/mol. The molecule has 1 aromatic carbocycles. The van der Waals surface area contributed by atoms with E-state index in [1.165, 1.54) is 0 Å². The highest BCUT2D eigenvalue weighted by molar-refractivity contribution is 5.86. The van der Waals surface area contributed by atoms with Gasteiger partial charge in [-0.05, 0) is 30.5 Å². The zero-order valence-corrected chi connectivity index (χ0v) is 15.8. The van der Waals surface area contributed by atoms with Gasteiger partial charge in [-0.3, -0.25) is 4.79 Å². The number of piperidine rings is 1. The van der Waals surface area contributed by atoms with E-state index >= 15 is 0 Å². The Kier molecular flexibility index (Phi) is 6.08. The van der Waals surface area contributed by atoms with Crippen molar-refractivity contribution in [1.82, 2.24) is 20.4 Å². The van der Waals surface area contributed by atoms with Crippen LogP contribution in [0.15, 0.2) is 28.8 Å². The molecule has 2 N–H and O–H groups in total. The number of rotatable bonds is 8. The van der Waals surface area contributed by atoms with Gasteiger partial charge in [-0.1, -0.05) is 17.3 Å². The molecule has 27 heavy (non-hydrogen) atoms. The molecule has 3 rings (SSSR count). The number of hydrogen-bond acceptors (Lipinski definition) is 7. The molecule has 1 saturated heterocycles. The lowest BCUT2D eigenvalue weighted by Crippen LogP contribution is -2.57. The number of aliphatic hydroxyl groups is 1. The lowest BCUT2D eigenvalue weighted by atomic mass is 9.91. The molecule has 8 nitrogen and oxygen atoms in total. The lowest BCUT2D eigenvalue weighted by Gasteiger charge is -2.38. The Hall–Kier alpha value is -2.45. The predicted octanol–water partition coefficient (Wildman–Crippen LogP) is 1.07. The van der Waals surface area contributed by atoms with Crippen LogP contribution in [0.25, 0.3) is 0 Å². The average Bonchev–Trinajstić information content (AvgIpc) is 3.08. The number of aromatic nitrogens is 2. The van der Waals surface area contributed by atoms with Crippen LogP contribution in [0.5, 0.6) is 5.75 Å². The second-order valence-corrected chi connectivity index (χ2v) is 6.87. The van der Waals surface area contributed by atoms with Crippen LogP contribution in [-0.2, 0) is 17.8 Å². The number of carbonyl (C=O) groups excluding carboxylic acids is 1. The third-order valence-corrected chi connectivity index (χ3v) is 4.72. The van der Waals surface area contributed by atoms with Crippen LogP contribution < -0.4 is 10.1 Å². The standard InChI is InChI=1S/C19H26N4O4/c1-14-21-17(22-27-14)7-9-20-13-19(25)8-4-10-23(18(19)24)12-15-5-3-6-16(11-15)26-2/h3,5-6,11,20,25H,4,7-10,12-13H2,1-2H3. The molecule has 0 bridgehead atoms. The Balaban J connectivity index is 1.54. The van der Waals surface area contributed by atoms with Gasteiger partial charge >= 0.3 is 0 Å². The minimum atomic E-state index is -1.38. The first-order valence-corrected chi connectivity index (χ1v) is 9.15. The zero-order valence-electron chi connectivity index (χ0n) is 15.8. The molecule has 0 saturated carbocycles. The number of amides is 1. The molecule has 1 aliphatic heterocycles. The monoisotopic (exact) mass is 374 g/mol. The Morgan fingerprint density at radius 1 is 1.44 bits per heavy atom. The number of ether oxygens (including phenoxy) is 1. The van der Waals surface area contributed by atoms with E-state index in [4.69, 9.17) is 9.26 Å². The van der Waals surface area contributed by atoms with Gasteiger partial charge in [0.1, 0.15) is 5.75 Å². The number of benzene rings is 1. The van der Waals surface area contributed by atoms with Crippen molar-refractivity contribution in [3.8, 4) is 5.75 Å². The summed E-state index contributed by atoms with van der Waals surface area (Å²) in [5.41, 5.74) is -0.406. The van der Waals surface area contributed by atoms with Gasteiger partial charge in [0.2, 0.25) is 5.89 Å². The molecular formula is C19H26N4O4. The van der Waals surface area contributed by atoms with Crippen LogP contribution in [-0.4, -0.2) is 58.4 Å². The van der Waals surface area contributed by atoms with E-state index in [0.717, 1.165) is 17.7 Å². The molecular weight excluding hydrogens is 348 g/mol. The molecule has 2 heterocycles. The van der Waals surface area contributed by atoms with E-state index in [-0.39, 0.29) is 12.5 Å². The normalized spacial score (nSPS) is 20.1. The summed E-state index contributed by atoms with van der Waals surface area (Å²) in [6.45, 7) is 3.60. The van der Waals surface area contributed by atoms with Gasteiger partial charge in [-0.15, -0.1) is 0 Å². The second kappa shape index (κ2) is 8.49. The van der Waals surface area contributed by atoms with Crippen LogP contribution in [0.1, 0.15) is 30.1 Å². The smallest absolute Gasteiger partial charge is 0.256 e. The summed E-state index contributed by atoms with van der Waals surface area (Å²) in [7, 11) is 1.62. The van der Waals surface area contributed by atoms with Gasteiger partial charge in [-0.25, -0.2) is 0 Å². The van der Waals surface area contributed by atoms with Gasteiger partial charge in [-0.2, -0.15) is 4.98 Å². The highest BCUT2D eigenvalue weighted by atomic mass is 16.5. The van der Waals surface area contributed by atoms with E-state index in [9.17, 15) is 9.90 Å². The molecule has 2 aromatic rings. The van der Waals surface area contributed by atoms with Crippen molar-refractivity contribution in [3.05, 3.63) is 41.5 Å². The summed E-state index contributed by atoms with van der Waals surface area (Å²) >= 11 is 0. The fourth-order valence-corrected chi connectivity index (χ4v) is 3.31. The zero-order chi connectivity index (χ0) is 19.3. The maximum absolute atomic E-state index is 12.8. The van der Waals surface area contributed by atoms with Crippen LogP contribution in [0.4, 0.5) is 0 Å². The van der Waals surface area contributed by atoms with Gasteiger partial charge in [0, 0.05) is 39.5 Å². The largest absolute Gasteiger partial charge is 0.497 e. The molecule has 1 atom stereocenters. The van der Waals surface area contributed by atoms with Crippen LogP contribution in [0, 0.1) is 6.92 Å². The van der Waals surface area contributed by atoms with Crippen molar-refractivity contribution in [1.29, 1.82) is 0 Å². The number of aryl methyl sites for hydroxylation is 1. The first-order chi connectivity index (χ1) is 13.0. The highest BCUT2D eigenvalue weighted by Crippen LogP contribution is 2.24. The van der Waals surface area contributed by atoms with E-state index < -0.39 is 5.60 Å². The molecule has 1 aromatic heterocycles. The number of hydrogen-bond donors (Lipinski definition) is 2. The Morgan fingerprint density at radius 3 is 3.04 bits per heavy atom. The Bertz CT molecular complexity index is 779. The minimum absolute atomic E-state index is 0.206. The first kappa shape index (κ1) is 19.3. The quantitative estimate of drug-likeness (QED) is 0.667. The van der Waals surface area contributed by atoms with Gasteiger partial charge in [0.25, 0.3) is 5.91 Å². The second-order valence-electron chi connectivity index (χ2n) is 6.87. The third-order valence-electron chi connectivity index (χ3n) is 4.72. The fourth-order valence-electron chi connectivity index (χ4n) is 3.31. The summed E-state index contributed by atoms with van der Waals surface area (Å²) in [6.07, 6.45) is 1.79. The van der Waals surface area contributed by atoms with Crippen LogP contribution >= 0.6 is 0 Å². The molecule has 1 aliphatic rings. The summed E-state index contributed by atoms with van der Waals surface area (Å²) < 4.78 is 10.2. The number of carbonyl (C=O) groups is 1. The predicted molar refractivity (Wildman–Crippen MR) is 98.2 cm³/mol. The molecule has 0 aliphatic carbocycles. The summed E-state index contributed by atoms with van der Waals surface area (Å²) in [6, 6.07) is 7.63. The maximum Gasteiger partial charge on any atom is 0.256 e. The van der Waals surface area contributed by atoms with E-state index in [1.54, 1.807) is 18.9 Å². The fraction of sp³-hybridized carbons (Fsp3) is 0.526. The van der Waals surface area contributed by atoms with Crippen molar-refractivity contribution in [3.63, 3.8) is 0 Å². The molecule has 0 radical (unpaired) electrons. The number of likely N-dealkylation sites (tertiary alicyclic amines) is 1. The lowest BCUT2D eigenvalue weighted by molar-refractivity contribution is -0.157. The van der Waals surface area contributed by atoms with Crippen molar-refractivity contribution < 1.29 is 19.2 Å². The summed E-state index contributed by atoms with van der Waals surface area (Å²) in [5.74, 6) is 1.66. The molecule has 1 fully saturated rings. The van der Waals surface area contributed by atoms with Gasteiger partial charge in [0.05, 0.1) is 7.11 Å². The molecule has 146 valence electrons. The number of nitrogens with zero attached hydrogens (tertiary/aromatic N) is 3. The maximum atomic E-state index is 12.8. The van der Waals surface area contributed by atoms with E-state index in [2.05, 4.69) is 15.5 Å². The van der Waals surface area contributed by atoms with Crippen LogP contribution in [0.3, 0.4) is 0 Å². The highest BCUT2D eigenvalue weighted by Gasteiger charge is 2.41. The Morgan fingerprint density at radius 2 is 2.30 bits per heavy atom. The van der Waals surface area contributed by atoms with Gasteiger partial charge < -0.3 is 24.6 Å². The van der Waals surface area contributed by atoms with Crippen molar-refractivity contribution in [2.75, 3.05) is 26.7 Å². The number of nitrogens with one attached hydrogen (secondary N) is 1. The molecule has 8 heteroatoms. The summed E-state index contributed by atoms with van der Waals surface area (Å²) in [5, 5.41) is 17.8.